The fourth-order valence-electron chi connectivity index (χ4n) is 5.28. The van der Waals surface area contributed by atoms with E-state index in [-0.39, 0.29) is 31.2 Å². The average molecular weight is 475 g/mol. The summed E-state index contributed by atoms with van der Waals surface area (Å²) in [5.74, 6) is -1.60. The van der Waals surface area contributed by atoms with Crippen LogP contribution in [-0.4, -0.2) is 34.3 Å². The second kappa shape index (κ2) is 9.44. The molecule has 2 aliphatic rings. The molecule has 1 aliphatic heterocycles. The van der Waals surface area contributed by atoms with Gasteiger partial charge in [-0.2, -0.15) is 4.91 Å². The van der Waals surface area contributed by atoms with Crippen LogP contribution in [0.15, 0.2) is 52.1 Å². The summed E-state index contributed by atoms with van der Waals surface area (Å²) in [7, 11) is 0. The average Bonchev–Trinajstić information content (AvgIpc) is 3.36. The van der Waals surface area contributed by atoms with Gasteiger partial charge in [0.25, 0.3) is 11.8 Å². The van der Waals surface area contributed by atoms with E-state index < -0.39 is 17.9 Å². The number of rotatable bonds is 9. The van der Waals surface area contributed by atoms with Gasteiger partial charge < -0.3 is 9.52 Å². The number of carbonyl (C=O) groups excluding carboxylic acids is 2. The van der Waals surface area contributed by atoms with Gasteiger partial charge in [-0.1, -0.05) is 29.4 Å². The highest BCUT2D eigenvalue weighted by Crippen LogP contribution is 2.35. The number of benzene rings is 2. The molecule has 8 nitrogen and oxygen atoms in total. The lowest BCUT2D eigenvalue weighted by Crippen LogP contribution is -2.31. The summed E-state index contributed by atoms with van der Waals surface area (Å²) >= 11 is 0. The lowest BCUT2D eigenvalue weighted by molar-refractivity contribution is -0.142. The van der Waals surface area contributed by atoms with Crippen molar-refractivity contribution in [2.45, 2.75) is 51.0 Å². The molecule has 2 atom stereocenters. The van der Waals surface area contributed by atoms with Gasteiger partial charge in [-0.3, -0.25) is 19.3 Å². The molecule has 0 saturated heterocycles. The third kappa shape index (κ3) is 4.24. The molecule has 1 aliphatic carbocycles. The highest BCUT2D eigenvalue weighted by molar-refractivity contribution is 6.21. The molecule has 180 valence electrons. The molecule has 0 saturated carbocycles. The van der Waals surface area contributed by atoms with E-state index in [1.807, 2.05) is 12.1 Å². The molecule has 1 aromatic heterocycles. The third-order valence-corrected chi connectivity index (χ3v) is 7.16. The molecule has 35 heavy (non-hydrogen) atoms. The fraction of sp³-hybridized carbons (Fsp3) is 0.370. The Kier molecular flexibility index (Phi) is 6.19. The molecule has 5 rings (SSSR count). The number of amides is 2. The summed E-state index contributed by atoms with van der Waals surface area (Å²) in [6.07, 6.45) is 4.67. The Morgan fingerprint density at radius 1 is 1.06 bits per heavy atom. The van der Waals surface area contributed by atoms with Crippen molar-refractivity contribution in [2.75, 3.05) is 6.54 Å². The van der Waals surface area contributed by atoms with Gasteiger partial charge >= 0.3 is 5.97 Å². The summed E-state index contributed by atoms with van der Waals surface area (Å²) in [6.45, 7) is 0.124. The van der Waals surface area contributed by atoms with E-state index in [0.717, 1.165) is 41.7 Å². The quantitative estimate of drug-likeness (QED) is 0.333. The number of carboxylic acids is 1. The van der Waals surface area contributed by atoms with Crippen LogP contribution < -0.4 is 0 Å². The first-order chi connectivity index (χ1) is 17.0. The topological polar surface area (TPSA) is 117 Å². The Hall–Kier alpha value is -3.81. The van der Waals surface area contributed by atoms with Crippen LogP contribution in [0.2, 0.25) is 0 Å². The molecule has 2 aromatic carbocycles. The van der Waals surface area contributed by atoms with Crippen molar-refractivity contribution in [3.8, 4) is 0 Å². The Morgan fingerprint density at radius 2 is 1.77 bits per heavy atom. The van der Waals surface area contributed by atoms with Crippen molar-refractivity contribution in [2.24, 2.45) is 11.1 Å². The van der Waals surface area contributed by atoms with E-state index in [2.05, 4.69) is 5.18 Å². The third-order valence-electron chi connectivity index (χ3n) is 7.16. The van der Waals surface area contributed by atoms with Gasteiger partial charge in [0, 0.05) is 23.9 Å². The first kappa shape index (κ1) is 23.0. The number of furan rings is 1. The number of hydrogen-bond donors (Lipinski definition) is 1. The highest BCUT2D eigenvalue weighted by Gasteiger charge is 2.35. The van der Waals surface area contributed by atoms with Crippen LogP contribution >= 0.6 is 0 Å². The van der Waals surface area contributed by atoms with Crippen molar-refractivity contribution in [3.63, 3.8) is 0 Å². The smallest absolute Gasteiger partial charge is 0.306 e. The number of carbonyl (C=O) groups is 3. The van der Waals surface area contributed by atoms with Gasteiger partial charge in [-0.25, -0.2) is 0 Å². The Labute approximate surface area is 201 Å². The monoisotopic (exact) mass is 474 g/mol. The zero-order chi connectivity index (χ0) is 24.5. The minimum absolute atomic E-state index is 0.0346. The van der Waals surface area contributed by atoms with Gasteiger partial charge in [0.05, 0.1) is 17.0 Å². The molecule has 3 aromatic rings. The van der Waals surface area contributed by atoms with Gasteiger partial charge in [-0.05, 0) is 62.3 Å². The number of nitrogens with zero attached hydrogens (tertiary/aromatic N) is 2. The van der Waals surface area contributed by atoms with Gasteiger partial charge in [0.15, 0.2) is 0 Å². The fourth-order valence-corrected chi connectivity index (χ4v) is 5.28. The molecule has 8 heteroatoms. The van der Waals surface area contributed by atoms with Crippen LogP contribution in [0.5, 0.6) is 0 Å². The largest absolute Gasteiger partial charge is 0.481 e. The number of nitroso groups, excluding NO2 is 1. The van der Waals surface area contributed by atoms with Gasteiger partial charge in [-0.15, -0.1) is 0 Å². The molecule has 2 amide bonds. The summed E-state index contributed by atoms with van der Waals surface area (Å²) in [6, 6.07) is 11.4. The van der Waals surface area contributed by atoms with Crippen molar-refractivity contribution >= 4 is 28.8 Å². The molecule has 0 fully saturated rings. The molecule has 0 radical (unpaired) electrons. The number of aryl methyl sites for hydroxylation is 2. The molecular weight excluding hydrogens is 448 g/mol. The zero-order valence-corrected chi connectivity index (χ0v) is 19.2. The Balaban J connectivity index is 1.25. The minimum Gasteiger partial charge on any atom is -0.481 e. The van der Waals surface area contributed by atoms with E-state index in [0.29, 0.717) is 28.7 Å². The number of hydrogen-bond acceptors (Lipinski definition) is 6. The second-order valence-corrected chi connectivity index (χ2v) is 9.31. The predicted octanol–water partition coefficient (Wildman–Crippen LogP) is 5.29. The first-order valence-corrected chi connectivity index (χ1v) is 12.0. The molecular formula is C27H26N2O6. The van der Waals surface area contributed by atoms with Crippen LogP contribution in [0.25, 0.3) is 11.0 Å². The first-order valence-electron chi connectivity index (χ1n) is 12.0. The van der Waals surface area contributed by atoms with Gasteiger partial charge in [0.1, 0.15) is 17.4 Å². The van der Waals surface area contributed by atoms with E-state index in [9.17, 15) is 24.4 Å². The van der Waals surface area contributed by atoms with E-state index >= 15 is 0 Å². The standard InChI is InChI=1S/C27H26N2O6/c30-25-20-8-1-2-9-21(20)26(31)29(25)13-5-6-17(27(32)33)14-22(28-34)16-11-12-19-18-7-3-4-10-23(18)35-24(19)15-16/h1-2,8-9,11-12,15,17,22H,3-7,10,13-14H2,(H,32,33). The lowest BCUT2D eigenvalue weighted by Gasteiger charge is -2.18. The summed E-state index contributed by atoms with van der Waals surface area (Å²) in [5, 5.41) is 14.1. The van der Waals surface area contributed by atoms with Crippen LogP contribution in [0.3, 0.4) is 0 Å². The van der Waals surface area contributed by atoms with Crippen LogP contribution in [0, 0.1) is 10.8 Å². The summed E-state index contributed by atoms with van der Waals surface area (Å²) < 4.78 is 6.02. The molecule has 0 bridgehead atoms. The zero-order valence-electron chi connectivity index (χ0n) is 19.2. The summed E-state index contributed by atoms with van der Waals surface area (Å²) in [4.78, 5) is 49.9. The molecule has 2 unspecified atom stereocenters. The Bertz CT molecular complexity index is 1290. The number of aliphatic carboxylic acids is 1. The van der Waals surface area contributed by atoms with E-state index in [4.69, 9.17) is 4.42 Å². The number of carboxylic acid groups (broad SMARTS) is 1. The van der Waals surface area contributed by atoms with Crippen molar-refractivity contribution in [1.82, 2.24) is 4.90 Å². The maximum Gasteiger partial charge on any atom is 0.306 e. The number of imide groups is 1. The maximum atomic E-state index is 12.5. The van der Waals surface area contributed by atoms with E-state index in [1.54, 1.807) is 30.3 Å². The molecule has 2 heterocycles. The Morgan fingerprint density at radius 3 is 2.46 bits per heavy atom. The predicted molar refractivity (Wildman–Crippen MR) is 128 cm³/mol. The van der Waals surface area contributed by atoms with E-state index in [1.165, 1.54) is 5.56 Å². The van der Waals surface area contributed by atoms with Gasteiger partial charge in [0.2, 0.25) is 0 Å². The number of fused-ring (bicyclic) bond motifs is 4. The SMILES string of the molecule is O=NC(CC(CCCN1C(=O)c2ccccc2C1=O)C(=O)O)c1ccc2c3c(oc2c1)CCCC3. The summed E-state index contributed by atoms with van der Waals surface area (Å²) in [5.41, 5.74) is 3.30. The minimum atomic E-state index is -1.03. The van der Waals surface area contributed by atoms with Crippen LogP contribution in [0.4, 0.5) is 0 Å². The second-order valence-electron chi connectivity index (χ2n) is 9.31. The van der Waals surface area contributed by atoms with Crippen molar-refractivity contribution < 1.29 is 23.9 Å². The van der Waals surface area contributed by atoms with Crippen molar-refractivity contribution in [3.05, 3.63) is 75.4 Å². The lowest BCUT2D eigenvalue weighted by atomic mass is 9.90. The molecule has 0 spiro atoms. The van der Waals surface area contributed by atoms with Crippen LogP contribution in [0.1, 0.15) is 75.7 Å². The highest BCUT2D eigenvalue weighted by atomic mass is 16.4. The van der Waals surface area contributed by atoms with Crippen molar-refractivity contribution in [1.29, 1.82) is 0 Å². The van der Waals surface area contributed by atoms with Crippen LogP contribution in [-0.2, 0) is 17.6 Å². The molecule has 1 N–H and O–H groups in total. The maximum absolute atomic E-state index is 12.5. The normalized spacial score (nSPS) is 16.7.